The summed E-state index contributed by atoms with van der Waals surface area (Å²) in [6, 6.07) is 0. The second kappa shape index (κ2) is 11.7. The number of carboxylic acids is 2. The number of rotatable bonds is 5. The van der Waals surface area contributed by atoms with Gasteiger partial charge < -0.3 is 15.9 Å². The predicted molar refractivity (Wildman–Crippen MR) is 78.5 cm³/mol. The van der Waals surface area contributed by atoms with E-state index in [0.29, 0.717) is 18.5 Å². The molecule has 112 valence electrons. The average Bonchev–Trinajstić information content (AvgIpc) is 2.17. The van der Waals surface area contributed by atoms with Gasteiger partial charge in [0.25, 0.3) is 0 Å². The molecule has 19 heavy (non-hydrogen) atoms. The number of carboxylic acid groups (broad SMARTS) is 2. The molecule has 0 atom stereocenters. The fourth-order valence-electron chi connectivity index (χ4n) is 1.27. The van der Waals surface area contributed by atoms with Crippen molar-refractivity contribution in [2.24, 2.45) is 11.7 Å². The van der Waals surface area contributed by atoms with E-state index in [0.717, 1.165) is 5.57 Å². The molecule has 5 nitrogen and oxygen atoms in total. The molecular weight excluding hydrogens is 270 g/mol. The molecule has 0 saturated heterocycles. The number of aliphatic carboxylic acids is 2. The first-order valence-electron chi connectivity index (χ1n) is 5.66. The van der Waals surface area contributed by atoms with Crippen molar-refractivity contribution in [2.45, 2.75) is 34.1 Å². The molecule has 0 aliphatic rings. The van der Waals surface area contributed by atoms with Crippen molar-refractivity contribution in [3.05, 3.63) is 23.3 Å². The highest BCUT2D eigenvalue weighted by atomic mass is 35.5. The largest absolute Gasteiger partial charge is 0.478 e. The van der Waals surface area contributed by atoms with Crippen molar-refractivity contribution in [1.29, 1.82) is 0 Å². The van der Waals surface area contributed by atoms with Crippen LogP contribution in [0.2, 0.25) is 0 Å². The molecule has 0 saturated carbocycles. The maximum atomic E-state index is 10.8. The van der Waals surface area contributed by atoms with E-state index in [1.165, 1.54) is 6.92 Å². The summed E-state index contributed by atoms with van der Waals surface area (Å²) < 4.78 is 0. The number of halogens is 1. The van der Waals surface area contributed by atoms with E-state index in [-0.39, 0.29) is 23.9 Å². The lowest BCUT2D eigenvalue weighted by atomic mass is 9.96. The van der Waals surface area contributed by atoms with E-state index in [9.17, 15) is 9.59 Å². The van der Waals surface area contributed by atoms with Crippen LogP contribution in [0.25, 0.3) is 0 Å². The Balaban J connectivity index is -0.000000313. The van der Waals surface area contributed by atoms with E-state index in [4.69, 9.17) is 15.9 Å². The normalized spacial score (nSPS) is 10.6. The molecule has 0 spiro atoms. The van der Waals surface area contributed by atoms with Crippen molar-refractivity contribution in [1.82, 2.24) is 0 Å². The summed E-state index contributed by atoms with van der Waals surface area (Å²) >= 11 is 0. The highest BCUT2D eigenvalue weighted by Crippen LogP contribution is 2.16. The van der Waals surface area contributed by atoms with Crippen molar-refractivity contribution in [2.75, 3.05) is 6.54 Å². The summed E-state index contributed by atoms with van der Waals surface area (Å²) in [5.41, 5.74) is 6.91. The molecule has 0 aliphatic heterocycles. The Labute approximate surface area is 120 Å². The first-order chi connectivity index (χ1) is 8.14. The molecule has 0 aromatic rings. The number of nitrogens with two attached hydrogens (primary N) is 1. The zero-order valence-electron chi connectivity index (χ0n) is 11.9. The highest BCUT2D eigenvalue weighted by Gasteiger charge is 2.14. The van der Waals surface area contributed by atoms with Crippen LogP contribution in [0, 0.1) is 5.92 Å². The summed E-state index contributed by atoms with van der Waals surface area (Å²) in [5.74, 6) is -1.69. The van der Waals surface area contributed by atoms with Gasteiger partial charge >= 0.3 is 11.9 Å². The van der Waals surface area contributed by atoms with Gasteiger partial charge in [0.15, 0.2) is 0 Å². The van der Waals surface area contributed by atoms with Gasteiger partial charge in [-0.1, -0.05) is 26.0 Å². The molecule has 0 rings (SSSR count). The van der Waals surface area contributed by atoms with E-state index < -0.39 is 11.9 Å². The zero-order chi connectivity index (χ0) is 14.9. The van der Waals surface area contributed by atoms with E-state index >= 15 is 0 Å². The van der Waals surface area contributed by atoms with Gasteiger partial charge in [-0.2, -0.15) is 0 Å². The first-order valence-corrected chi connectivity index (χ1v) is 5.66. The molecule has 0 radical (unpaired) electrons. The van der Waals surface area contributed by atoms with Gasteiger partial charge in [-0.25, -0.2) is 9.59 Å². The molecule has 0 heterocycles. The minimum absolute atomic E-state index is 0. The molecule has 0 unspecified atom stereocenters. The first kappa shape index (κ1) is 22.8. The van der Waals surface area contributed by atoms with Crippen LogP contribution in [0.1, 0.15) is 34.1 Å². The Morgan fingerprint density at radius 1 is 1.16 bits per heavy atom. The van der Waals surface area contributed by atoms with Gasteiger partial charge in [-0.05, 0) is 32.7 Å². The van der Waals surface area contributed by atoms with Crippen LogP contribution in [-0.4, -0.2) is 28.7 Å². The summed E-state index contributed by atoms with van der Waals surface area (Å²) in [4.78, 5) is 20.4. The van der Waals surface area contributed by atoms with Gasteiger partial charge in [-0.3, -0.25) is 0 Å². The maximum absolute atomic E-state index is 10.8. The zero-order valence-corrected chi connectivity index (χ0v) is 12.7. The molecule has 0 fully saturated rings. The molecular formula is C13H24ClNO4. The number of carbonyl (C=O) groups is 2. The third-order valence-corrected chi connectivity index (χ3v) is 2.15. The van der Waals surface area contributed by atoms with Crippen LogP contribution in [0.3, 0.4) is 0 Å². The van der Waals surface area contributed by atoms with Gasteiger partial charge in [0.2, 0.25) is 0 Å². The smallest absolute Gasteiger partial charge is 0.331 e. The topological polar surface area (TPSA) is 101 Å². The van der Waals surface area contributed by atoms with Crippen molar-refractivity contribution in [3.63, 3.8) is 0 Å². The van der Waals surface area contributed by atoms with Crippen LogP contribution < -0.4 is 5.73 Å². The third kappa shape index (κ3) is 11.5. The predicted octanol–water partition coefficient (Wildman–Crippen LogP) is 2.46. The lowest BCUT2D eigenvalue weighted by Crippen LogP contribution is -2.11. The van der Waals surface area contributed by atoms with Crippen LogP contribution in [-0.2, 0) is 9.59 Å². The van der Waals surface area contributed by atoms with Crippen LogP contribution in [0.5, 0.6) is 0 Å². The van der Waals surface area contributed by atoms with E-state index in [1.807, 2.05) is 20.8 Å². The monoisotopic (exact) mass is 293 g/mol. The second-order valence-electron chi connectivity index (χ2n) is 4.28. The summed E-state index contributed by atoms with van der Waals surface area (Å²) in [6.07, 6.45) is 0.666. The lowest BCUT2D eigenvalue weighted by Gasteiger charge is -2.10. The molecule has 0 aromatic heterocycles. The SMILES string of the molecule is C=C(C)C(=O)O.CC(CCN)=C(C(=O)O)C(C)C.Cl. The minimum Gasteiger partial charge on any atom is -0.478 e. The maximum Gasteiger partial charge on any atom is 0.331 e. The van der Waals surface area contributed by atoms with Gasteiger partial charge in [0, 0.05) is 11.1 Å². The van der Waals surface area contributed by atoms with E-state index in [2.05, 4.69) is 6.58 Å². The van der Waals surface area contributed by atoms with Crippen LogP contribution in [0.15, 0.2) is 23.3 Å². The van der Waals surface area contributed by atoms with Crippen LogP contribution >= 0.6 is 12.4 Å². The fraction of sp³-hybridized carbons (Fsp3) is 0.538. The number of hydrogen-bond donors (Lipinski definition) is 3. The molecule has 6 heteroatoms. The Kier molecular flexibility index (Phi) is 14.1. The second-order valence-corrected chi connectivity index (χ2v) is 4.28. The number of hydrogen-bond acceptors (Lipinski definition) is 3. The Morgan fingerprint density at radius 2 is 1.53 bits per heavy atom. The van der Waals surface area contributed by atoms with Crippen LogP contribution in [0.4, 0.5) is 0 Å². The Morgan fingerprint density at radius 3 is 1.68 bits per heavy atom. The van der Waals surface area contributed by atoms with Crippen molar-refractivity contribution >= 4 is 24.3 Å². The molecule has 4 N–H and O–H groups in total. The van der Waals surface area contributed by atoms with E-state index in [1.54, 1.807) is 0 Å². The van der Waals surface area contributed by atoms with Crippen molar-refractivity contribution in [3.8, 4) is 0 Å². The van der Waals surface area contributed by atoms with Gasteiger partial charge in [0.1, 0.15) is 0 Å². The molecule has 0 aromatic carbocycles. The quantitative estimate of drug-likeness (QED) is 0.676. The molecule has 0 amide bonds. The molecule has 0 aliphatic carbocycles. The summed E-state index contributed by atoms with van der Waals surface area (Å²) in [5, 5.41) is 16.7. The minimum atomic E-state index is -0.935. The molecule has 0 bridgehead atoms. The van der Waals surface area contributed by atoms with Gasteiger partial charge in [-0.15, -0.1) is 12.4 Å². The Bertz CT molecular complexity index is 337. The highest BCUT2D eigenvalue weighted by molar-refractivity contribution is 5.87. The van der Waals surface area contributed by atoms with Gasteiger partial charge in [0.05, 0.1) is 0 Å². The fourth-order valence-corrected chi connectivity index (χ4v) is 1.27. The standard InChI is InChI=1S/C9H17NO2.C4H6O2.ClH/c1-6(2)8(9(11)12)7(3)4-5-10;1-3(2)4(5)6;/h6H,4-5,10H2,1-3H3,(H,11,12);1H2,2H3,(H,5,6);1H. The average molecular weight is 294 g/mol. The summed E-state index contributed by atoms with van der Waals surface area (Å²) in [6.45, 7) is 10.7. The lowest BCUT2D eigenvalue weighted by molar-refractivity contribution is -0.133. The Hall–Kier alpha value is -1.33. The van der Waals surface area contributed by atoms with Crippen molar-refractivity contribution < 1.29 is 19.8 Å². The summed E-state index contributed by atoms with van der Waals surface area (Å²) in [7, 11) is 0. The third-order valence-electron chi connectivity index (χ3n) is 2.15.